The molecule has 2 rings (SSSR count). The molecule has 1 heterocycles. The molecule has 0 saturated carbocycles. The van der Waals surface area contributed by atoms with E-state index in [1.165, 1.54) is 5.56 Å². The summed E-state index contributed by atoms with van der Waals surface area (Å²) >= 11 is 0. The molecule has 0 aliphatic rings. The number of aromatic hydroxyl groups is 1. The van der Waals surface area contributed by atoms with Gasteiger partial charge in [-0.05, 0) is 31.1 Å². The minimum Gasteiger partial charge on any atom is -0.504 e. The van der Waals surface area contributed by atoms with Gasteiger partial charge in [-0.3, -0.25) is 0 Å². The Hall–Kier alpha value is -1.68. The van der Waals surface area contributed by atoms with Crippen molar-refractivity contribution >= 4 is 10.9 Å². The fourth-order valence-electron chi connectivity index (χ4n) is 1.97. The molecule has 4 nitrogen and oxygen atoms in total. The Labute approximate surface area is 101 Å². The molecule has 1 aromatic heterocycles. The van der Waals surface area contributed by atoms with Crippen LogP contribution in [-0.4, -0.2) is 30.3 Å². The van der Waals surface area contributed by atoms with Crippen LogP contribution in [0.5, 0.6) is 11.5 Å². The molecule has 3 N–H and O–H groups in total. The van der Waals surface area contributed by atoms with E-state index in [9.17, 15) is 5.11 Å². The Morgan fingerprint density at radius 3 is 2.94 bits per heavy atom. The van der Waals surface area contributed by atoms with E-state index in [0.29, 0.717) is 5.75 Å². The van der Waals surface area contributed by atoms with Gasteiger partial charge in [0, 0.05) is 23.2 Å². The number of likely N-dealkylation sites (N-methyl/N-ethyl adjacent to an activating group) is 1. The Morgan fingerprint density at radius 1 is 1.41 bits per heavy atom. The number of nitrogens with one attached hydrogen (secondary N) is 2. The number of benzene rings is 1. The average molecular weight is 234 g/mol. The quantitative estimate of drug-likeness (QED) is 0.694. The van der Waals surface area contributed by atoms with Gasteiger partial charge >= 0.3 is 0 Å². The summed E-state index contributed by atoms with van der Waals surface area (Å²) < 4.78 is 5.12. The van der Waals surface area contributed by atoms with Gasteiger partial charge in [0.2, 0.25) is 0 Å². The normalized spacial score (nSPS) is 10.9. The molecule has 0 atom stereocenters. The number of phenols is 1. The lowest BCUT2D eigenvalue weighted by Crippen LogP contribution is -2.15. The van der Waals surface area contributed by atoms with Gasteiger partial charge in [0.15, 0.2) is 11.5 Å². The van der Waals surface area contributed by atoms with Crippen molar-refractivity contribution in [1.82, 2.24) is 10.3 Å². The molecule has 0 spiro atoms. The molecule has 4 heteroatoms. The van der Waals surface area contributed by atoms with Crippen LogP contribution >= 0.6 is 0 Å². The van der Waals surface area contributed by atoms with Crippen LogP contribution in [0.25, 0.3) is 10.9 Å². The van der Waals surface area contributed by atoms with Gasteiger partial charge in [-0.2, -0.15) is 0 Å². The van der Waals surface area contributed by atoms with Crippen molar-refractivity contribution in [3.63, 3.8) is 0 Å². The maximum absolute atomic E-state index is 9.67. The average Bonchev–Trinajstić information content (AvgIpc) is 2.71. The van der Waals surface area contributed by atoms with Crippen LogP contribution in [0.15, 0.2) is 18.3 Å². The van der Waals surface area contributed by atoms with Gasteiger partial charge in [-0.25, -0.2) is 0 Å². The van der Waals surface area contributed by atoms with E-state index < -0.39 is 0 Å². The highest BCUT2D eigenvalue weighted by Gasteiger charge is 2.08. The summed E-state index contributed by atoms with van der Waals surface area (Å²) in [5.74, 6) is 0.682. The second-order valence-corrected chi connectivity index (χ2v) is 3.99. The van der Waals surface area contributed by atoms with E-state index in [2.05, 4.69) is 17.2 Å². The Bertz CT molecular complexity index is 505. The summed E-state index contributed by atoms with van der Waals surface area (Å²) in [6.07, 6.45) is 2.95. The number of aromatic amines is 1. The Morgan fingerprint density at radius 2 is 2.24 bits per heavy atom. The molecule has 0 saturated heterocycles. The smallest absolute Gasteiger partial charge is 0.161 e. The van der Waals surface area contributed by atoms with Gasteiger partial charge in [0.05, 0.1) is 7.11 Å². The largest absolute Gasteiger partial charge is 0.504 e. The number of rotatable bonds is 5. The molecular weight excluding hydrogens is 216 g/mol. The fourth-order valence-corrected chi connectivity index (χ4v) is 1.97. The maximum atomic E-state index is 9.67. The summed E-state index contributed by atoms with van der Waals surface area (Å²) in [7, 11) is 1.56. The predicted octanol–water partition coefficient (Wildman–Crippen LogP) is 2.03. The highest BCUT2D eigenvalue weighted by atomic mass is 16.5. The molecule has 0 aliphatic heterocycles. The topological polar surface area (TPSA) is 57.3 Å². The Kier molecular flexibility index (Phi) is 3.54. The van der Waals surface area contributed by atoms with Crippen LogP contribution in [0.3, 0.4) is 0 Å². The third-order valence-corrected chi connectivity index (χ3v) is 2.89. The SMILES string of the molecule is CCNCCc1c[nH]c2cc(O)c(OC)cc12. The van der Waals surface area contributed by atoms with Crippen LogP contribution in [0.4, 0.5) is 0 Å². The van der Waals surface area contributed by atoms with Crippen LogP contribution in [0.2, 0.25) is 0 Å². The molecule has 92 valence electrons. The number of ether oxygens (including phenoxy) is 1. The minimum atomic E-state index is 0.167. The van der Waals surface area contributed by atoms with Crippen molar-refractivity contribution in [3.05, 3.63) is 23.9 Å². The zero-order valence-corrected chi connectivity index (χ0v) is 10.2. The Balaban J connectivity index is 2.31. The van der Waals surface area contributed by atoms with Gasteiger partial charge in [0.25, 0.3) is 0 Å². The van der Waals surface area contributed by atoms with Crippen molar-refractivity contribution in [3.8, 4) is 11.5 Å². The molecule has 0 unspecified atom stereocenters. The number of aromatic nitrogens is 1. The third-order valence-electron chi connectivity index (χ3n) is 2.89. The van der Waals surface area contributed by atoms with Gasteiger partial charge in [-0.1, -0.05) is 6.92 Å². The van der Waals surface area contributed by atoms with E-state index >= 15 is 0 Å². The van der Waals surface area contributed by atoms with Crippen molar-refractivity contribution in [1.29, 1.82) is 0 Å². The van der Waals surface area contributed by atoms with Crippen LogP contribution in [0, 0.1) is 0 Å². The van der Waals surface area contributed by atoms with Crippen LogP contribution in [-0.2, 0) is 6.42 Å². The summed E-state index contributed by atoms with van der Waals surface area (Å²) in [6, 6.07) is 3.58. The van der Waals surface area contributed by atoms with Crippen LogP contribution < -0.4 is 10.1 Å². The first-order valence-electron chi connectivity index (χ1n) is 5.84. The summed E-state index contributed by atoms with van der Waals surface area (Å²) in [5.41, 5.74) is 2.18. The third kappa shape index (κ3) is 2.36. The van der Waals surface area contributed by atoms with Crippen LogP contribution in [0.1, 0.15) is 12.5 Å². The van der Waals surface area contributed by atoms with E-state index in [-0.39, 0.29) is 5.75 Å². The monoisotopic (exact) mass is 234 g/mol. The van der Waals surface area contributed by atoms with E-state index in [1.807, 2.05) is 12.3 Å². The number of H-pyrrole nitrogens is 1. The van der Waals surface area contributed by atoms with E-state index in [1.54, 1.807) is 13.2 Å². The molecule has 0 fully saturated rings. The molecule has 1 aromatic carbocycles. The first-order valence-corrected chi connectivity index (χ1v) is 5.84. The molecule has 2 aromatic rings. The summed E-state index contributed by atoms with van der Waals surface area (Å²) in [4.78, 5) is 3.16. The molecular formula is C13H18N2O2. The molecule has 0 amide bonds. The molecule has 0 aliphatic carbocycles. The van der Waals surface area contributed by atoms with Crippen molar-refractivity contribution < 1.29 is 9.84 Å². The molecule has 0 radical (unpaired) electrons. The first kappa shape index (κ1) is 11.8. The number of hydrogen-bond acceptors (Lipinski definition) is 3. The standard InChI is InChI=1S/C13H18N2O2/c1-3-14-5-4-9-8-15-11-7-12(16)13(17-2)6-10(9)11/h6-8,14-16H,3-5H2,1-2H3. The summed E-state index contributed by atoms with van der Waals surface area (Å²) in [5, 5.41) is 14.1. The fraction of sp³-hybridized carbons (Fsp3) is 0.385. The number of hydrogen-bond donors (Lipinski definition) is 3. The maximum Gasteiger partial charge on any atom is 0.161 e. The lowest BCUT2D eigenvalue weighted by atomic mass is 10.1. The first-order chi connectivity index (χ1) is 8.26. The highest BCUT2D eigenvalue weighted by molar-refractivity contribution is 5.86. The zero-order valence-electron chi connectivity index (χ0n) is 10.2. The van der Waals surface area contributed by atoms with Gasteiger partial charge in [-0.15, -0.1) is 0 Å². The molecule has 0 bridgehead atoms. The van der Waals surface area contributed by atoms with E-state index in [4.69, 9.17) is 4.74 Å². The van der Waals surface area contributed by atoms with E-state index in [0.717, 1.165) is 30.4 Å². The number of phenolic OH excluding ortho intramolecular Hbond substituents is 1. The van der Waals surface area contributed by atoms with Crippen molar-refractivity contribution in [2.45, 2.75) is 13.3 Å². The number of methoxy groups -OCH3 is 1. The minimum absolute atomic E-state index is 0.167. The highest BCUT2D eigenvalue weighted by Crippen LogP contribution is 2.32. The van der Waals surface area contributed by atoms with Gasteiger partial charge in [0.1, 0.15) is 0 Å². The second-order valence-electron chi connectivity index (χ2n) is 3.99. The van der Waals surface area contributed by atoms with Crippen molar-refractivity contribution in [2.24, 2.45) is 0 Å². The number of fused-ring (bicyclic) bond motifs is 1. The predicted molar refractivity (Wildman–Crippen MR) is 68.8 cm³/mol. The van der Waals surface area contributed by atoms with Crippen molar-refractivity contribution in [2.75, 3.05) is 20.2 Å². The zero-order chi connectivity index (χ0) is 12.3. The molecule has 17 heavy (non-hydrogen) atoms. The summed E-state index contributed by atoms with van der Waals surface area (Å²) in [6.45, 7) is 4.02. The lowest BCUT2D eigenvalue weighted by molar-refractivity contribution is 0.374. The van der Waals surface area contributed by atoms with Gasteiger partial charge < -0.3 is 20.1 Å². The second kappa shape index (κ2) is 5.10. The lowest BCUT2D eigenvalue weighted by Gasteiger charge is -2.05.